The van der Waals surface area contributed by atoms with Crippen LogP contribution < -0.4 is 9.47 Å². The van der Waals surface area contributed by atoms with Gasteiger partial charge >= 0.3 is 0 Å². The molecule has 1 atom stereocenters. The first-order valence-corrected chi connectivity index (χ1v) is 7.61. The molecule has 0 aliphatic heterocycles. The van der Waals surface area contributed by atoms with E-state index in [0.717, 1.165) is 23.6 Å². The molecule has 0 aliphatic carbocycles. The molecular formula is C18H29NO3. The standard InChI is InChI=1S/C18H29NO3/c1-7-18(4,20)13-19(11-14(2)3)12-15-9-8-10-16(21-5)17(15)22-6/h7-10,14,20H,1,11-13H2,2-6H3. The minimum absolute atomic E-state index is 0.497. The highest BCUT2D eigenvalue weighted by Crippen LogP contribution is 2.31. The van der Waals surface area contributed by atoms with Crippen LogP contribution in [0.5, 0.6) is 11.5 Å². The molecule has 0 aromatic heterocycles. The quantitative estimate of drug-likeness (QED) is 0.712. The third-order valence-corrected chi connectivity index (χ3v) is 3.49. The Balaban J connectivity index is 3.01. The lowest BCUT2D eigenvalue weighted by atomic mass is 10.0. The molecular weight excluding hydrogens is 278 g/mol. The molecule has 124 valence electrons. The second-order valence-electron chi connectivity index (χ2n) is 6.28. The smallest absolute Gasteiger partial charge is 0.165 e. The number of benzene rings is 1. The van der Waals surface area contributed by atoms with E-state index in [1.54, 1.807) is 27.2 Å². The zero-order valence-electron chi connectivity index (χ0n) is 14.4. The van der Waals surface area contributed by atoms with Crippen molar-refractivity contribution in [2.45, 2.75) is 32.9 Å². The van der Waals surface area contributed by atoms with Gasteiger partial charge in [-0.25, -0.2) is 0 Å². The fourth-order valence-electron chi connectivity index (χ4n) is 2.54. The highest BCUT2D eigenvalue weighted by Gasteiger charge is 2.22. The first-order chi connectivity index (χ1) is 10.3. The minimum atomic E-state index is -0.916. The molecule has 4 nitrogen and oxygen atoms in total. The van der Waals surface area contributed by atoms with E-state index in [0.29, 0.717) is 19.0 Å². The van der Waals surface area contributed by atoms with Crippen LogP contribution in [0.3, 0.4) is 0 Å². The Labute approximate surface area is 134 Å². The van der Waals surface area contributed by atoms with Gasteiger partial charge in [-0.05, 0) is 18.9 Å². The van der Waals surface area contributed by atoms with E-state index in [9.17, 15) is 5.11 Å². The van der Waals surface area contributed by atoms with Crippen molar-refractivity contribution in [3.05, 3.63) is 36.4 Å². The molecule has 1 N–H and O–H groups in total. The Bertz CT molecular complexity index is 483. The zero-order valence-corrected chi connectivity index (χ0v) is 14.4. The van der Waals surface area contributed by atoms with Crippen molar-refractivity contribution >= 4 is 0 Å². The molecule has 1 aromatic carbocycles. The fraction of sp³-hybridized carbons (Fsp3) is 0.556. The van der Waals surface area contributed by atoms with E-state index in [1.165, 1.54) is 0 Å². The Hall–Kier alpha value is -1.52. The predicted octanol–water partition coefficient (Wildman–Crippen LogP) is 3.10. The molecule has 1 rings (SSSR count). The molecule has 1 aromatic rings. The van der Waals surface area contributed by atoms with Crippen molar-refractivity contribution in [2.24, 2.45) is 5.92 Å². The molecule has 22 heavy (non-hydrogen) atoms. The summed E-state index contributed by atoms with van der Waals surface area (Å²) < 4.78 is 10.8. The number of ether oxygens (including phenoxy) is 2. The van der Waals surface area contributed by atoms with Gasteiger partial charge in [-0.3, -0.25) is 4.90 Å². The lowest BCUT2D eigenvalue weighted by molar-refractivity contribution is 0.0537. The highest BCUT2D eigenvalue weighted by atomic mass is 16.5. The number of hydrogen-bond acceptors (Lipinski definition) is 4. The molecule has 0 aliphatic rings. The summed E-state index contributed by atoms with van der Waals surface area (Å²) in [6, 6.07) is 5.86. The summed E-state index contributed by atoms with van der Waals surface area (Å²) in [5, 5.41) is 10.3. The van der Waals surface area contributed by atoms with Crippen LogP contribution in [0.4, 0.5) is 0 Å². The second kappa shape index (κ2) is 8.20. The molecule has 0 saturated carbocycles. The number of hydrogen-bond donors (Lipinski definition) is 1. The van der Waals surface area contributed by atoms with Crippen LogP contribution >= 0.6 is 0 Å². The molecule has 0 heterocycles. The Kier molecular flexibility index (Phi) is 6.91. The Morgan fingerprint density at radius 1 is 1.32 bits per heavy atom. The van der Waals surface area contributed by atoms with Gasteiger partial charge in [0.1, 0.15) is 0 Å². The van der Waals surface area contributed by atoms with E-state index >= 15 is 0 Å². The lowest BCUT2D eigenvalue weighted by Crippen LogP contribution is -2.40. The molecule has 0 spiro atoms. The zero-order chi connectivity index (χ0) is 16.8. The van der Waals surface area contributed by atoms with Crippen molar-refractivity contribution < 1.29 is 14.6 Å². The van der Waals surface area contributed by atoms with Crippen LogP contribution in [-0.2, 0) is 6.54 Å². The summed E-state index contributed by atoms with van der Waals surface area (Å²) in [6.45, 7) is 11.9. The fourth-order valence-corrected chi connectivity index (χ4v) is 2.54. The molecule has 0 amide bonds. The number of aliphatic hydroxyl groups is 1. The topological polar surface area (TPSA) is 41.9 Å². The predicted molar refractivity (Wildman–Crippen MR) is 90.5 cm³/mol. The van der Waals surface area contributed by atoms with E-state index in [4.69, 9.17) is 9.47 Å². The molecule has 0 radical (unpaired) electrons. The van der Waals surface area contributed by atoms with Gasteiger partial charge in [-0.2, -0.15) is 0 Å². The summed E-state index contributed by atoms with van der Waals surface area (Å²) in [7, 11) is 3.28. The Morgan fingerprint density at radius 2 is 2.00 bits per heavy atom. The van der Waals surface area contributed by atoms with Gasteiger partial charge in [0.2, 0.25) is 0 Å². The van der Waals surface area contributed by atoms with Gasteiger partial charge in [-0.1, -0.05) is 32.1 Å². The van der Waals surface area contributed by atoms with Crippen LogP contribution in [-0.4, -0.2) is 42.9 Å². The molecule has 0 saturated heterocycles. The Morgan fingerprint density at radius 3 is 2.50 bits per heavy atom. The van der Waals surface area contributed by atoms with Gasteiger partial charge in [0.05, 0.1) is 19.8 Å². The monoisotopic (exact) mass is 307 g/mol. The molecule has 0 fully saturated rings. The minimum Gasteiger partial charge on any atom is -0.493 e. The maximum Gasteiger partial charge on any atom is 0.165 e. The molecule has 0 bridgehead atoms. The van der Waals surface area contributed by atoms with Crippen LogP contribution in [0, 0.1) is 5.92 Å². The number of para-hydroxylation sites is 1. The van der Waals surface area contributed by atoms with Crippen LogP contribution in [0.25, 0.3) is 0 Å². The number of methoxy groups -OCH3 is 2. The van der Waals surface area contributed by atoms with Gasteiger partial charge in [0, 0.05) is 25.2 Å². The van der Waals surface area contributed by atoms with Crippen molar-refractivity contribution in [3.8, 4) is 11.5 Å². The number of nitrogens with zero attached hydrogens (tertiary/aromatic N) is 1. The van der Waals surface area contributed by atoms with E-state index in [1.807, 2.05) is 18.2 Å². The van der Waals surface area contributed by atoms with E-state index in [-0.39, 0.29) is 0 Å². The third-order valence-electron chi connectivity index (χ3n) is 3.49. The van der Waals surface area contributed by atoms with Gasteiger partial charge in [0.25, 0.3) is 0 Å². The van der Waals surface area contributed by atoms with E-state index < -0.39 is 5.60 Å². The maximum atomic E-state index is 10.3. The molecule has 4 heteroatoms. The maximum absolute atomic E-state index is 10.3. The van der Waals surface area contributed by atoms with Crippen molar-refractivity contribution in [2.75, 3.05) is 27.3 Å². The third kappa shape index (κ3) is 5.35. The van der Waals surface area contributed by atoms with Gasteiger partial charge in [-0.15, -0.1) is 6.58 Å². The normalized spacial score (nSPS) is 14.0. The van der Waals surface area contributed by atoms with Gasteiger partial charge < -0.3 is 14.6 Å². The van der Waals surface area contributed by atoms with Crippen LogP contribution in [0.15, 0.2) is 30.9 Å². The largest absolute Gasteiger partial charge is 0.493 e. The number of rotatable bonds is 9. The van der Waals surface area contributed by atoms with Crippen molar-refractivity contribution in [1.82, 2.24) is 4.90 Å². The highest BCUT2D eigenvalue weighted by molar-refractivity contribution is 5.46. The summed E-state index contributed by atoms with van der Waals surface area (Å²) >= 11 is 0. The first-order valence-electron chi connectivity index (χ1n) is 7.61. The molecule has 1 unspecified atom stereocenters. The first kappa shape index (κ1) is 18.5. The lowest BCUT2D eigenvalue weighted by Gasteiger charge is -2.31. The summed E-state index contributed by atoms with van der Waals surface area (Å²) in [4.78, 5) is 2.21. The SMILES string of the molecule is C=CC(C)(O)CN(Cc1cccc(OC)c1OC)CC(C)C. The van der Waals surface area contributed by atoms with Crippen molar-refractivity contribution in [3.63, 3.8) is 0 Å². The summed E-state index contributed by atoms with van der Waals surface area (Å²) in [5.41, 5.74) is 0.128. The average molecular weight is 307 g/mol. The van der Waals surface area contributed by atoms with Crippen molar-refractivity contribution in [1.29, 1.82) is 0 Å². The van der Waals surface area contributed by atoms with Crippen LogP contribution in [0.1, 0.15) is 26.3 Å². The second-order valence-corrected chi connectivity index (χ2v) is 6.28. The average Bonchev–Trinajstić information content (AvgIpc) is 2.45. The van der Waals surface area contributed by atoms with Gasteiger partial charge in [0.15, 0.2) is 11.5 Å². The summed E-state index contributed by atoms with van der Waals surface area (Å²) in [6.07, 6.45) is 1.59. The van der Waals surface area contributed by atoms with Crippen LogP contribution in [0.2, 0.25) is 0 Å². The van der Waals surface area contributed by atoms with E-state index in [2.05, 4.69) is 25.3 Å². The summed E-state index contributed by atoms with van der Waals surface area (Å²) in [5.74, 6) is 1.97.